The van der Waals surface area contributed by atoms with Gasteiger partial charge in [-0.25, -0.2) is 4.98 Å². The van der Waals surface area contributed by atoms with Gasteiger partial charge in [-0.2, -0.15) is 10.2 Å². The molecule has 15 heavy (non-hydrogen) atoms. The first kappa shape index (κ1) is 9.64. The second-order valence-corrected chi connectivity index (χ2v) is 3.58. The lowest BCUT2D eigenvalue weighted by atomic mass is 10.1. The van der Waals surface area contributed by atoms with Crippen LogP contribution in [0, 0.1) is 0 Å². The average molecular weight is 204 g/mol. The van der Waals surface area contributed by atoms with E-state index in [-0.39, 0.29) is 5.75 Å². The Kier molecular flexibility index (Phi) is 2.37. The van der Waals surface area contributed by atoms with Gasteiger partial charge in [0.1, 0.15) is 0 Å². The Hall–Kier alpha value is -1.91. The van der Waals surface area contributed by atoms with E-state index in [4.69, 9.17) is 0 Å². The first-order valence-corrected chi connectivity index (χ1v) is 4.74. The number of aromatic hydroxyl groups is 1. The molecule has 0 fully saturated rings. The Morgan fingerprint density at radius 2 is 1.93 bits per heavy atom. The predicted molar refractivity (Wildman–Crippen MR) is 54.9 cm³/mol. The molecule has 0 aliphatic heterocycles. The molecule has 0 unspecified atom stereocenters. The maximum atomic E-state index is 9.75. The van der Waals surface area contributed by atoms with E-state index in [1.807, 2.05) is 13.8 Å². The van der Waals surface area contributed by atoms with Crippen LogP contribution in [0.2, 0.25) is 0 Å². The zero-order valence-corrected chi connectivity index (χ0v) is 8.62. The van der Waals surface area contributed by atoms with Crippen LogP contribution in [0.4, 0.5) is 0 Å². The van der Waals surface area contributed by atoms with E-state index < -0.39 is 0 Å². The molecule has 0 saturated heterocycles. The van der Waals surface area contributed by atoms with Crippen molar-refractivity contribution >= 4 is 0 Å². The van der Waals surface area contributed by atoms with Crippen LogP contribution in [0.5, 0.6) is 5.75 Å². The lowest BCUT2D eigenvalue weighted by molar-refractivity contribution is 0.461. The van der Waals surface area contributed by atoms with Gasteiger partial charge in [0.05, 0.1) is 12.4 Å². The van der Waals surface area contributed by atoms with Crippen molar-refractivity contribution in [1.82, 2.24) is 20.0 Å². The Labute approximate surface area is 87.4 Å². The molecule has 0 radical (unpaired) electrons. The van der Waals surface area contributed by atoms with Gasteiger partial charge in [0.2, 0.25) is 5.82 Å². The number of rotatable bonds is 2. The van der Waals surface area contributed by atoms with Crippen molar-refractivity contribution in [2.45, 2.75) is 19.8 Å². The summed E-state index contributed by atoms with van der Waals surface area (Å²) in [5, 5.41) is 17.6. The third-order valence-corrected chi connectivity index (χ3v) is 2.14. The largest absolute Gasteiger partial charge is 0.504 e. The third kappa shape index (κ3) is 1.81. The molecule has 1 N–H and O–H groups in total. The minimum atomic E-state index is 0.0948. The molecular formula is C10H12N4O. The summed E-state index contributed by atoms with van der Waals surface area (Å²) in [6.07, 6.45) is 4.80. The van der Waals surface area contributed by atoms with Crippen molar-refractivity contribution in [3.8, 4) is 11.6 Å². The molecule has 0 amide bonds. The normalized spacial score (nSPS) is 10.9. The van der Waals surface area contributed by atoms with E-state index in [0.717, 1.165) is 5.56 Å². The van der Waals surface area contributed by atoms with Gasteiger partial charge in [-0.05, 0) is 17.5 Å². The van der Waals surface area contributed by atoms with Crippen molar-refractivity contribution < 1.29 is 5.11 Å². The topological polar surface area (TPSA) is 63.8 Å². The van der Waals surface area contributed by atoms with E-state index in [2.05, 4.69) is 15.2 Å². The van der Waals surface area contributed by atoms with Crippen LogP contribution in [0.3, 0.4) is 0 Å². The Bertz CT molecular complexity index is 450. The third-order valence-electron chi connectivity index (χ3n) is 2.14. The van der Waals surface area contributed by atoms with Crippen molar-refractivity contribution in [3.63, 3.8) is 0 Å². The maximum Gasteiger partial charge on any atom is 0.216 e. The van der Waals surface area contributed by atoms with Crippen molar-refractivity contribution in [1.29, 1.82) is 0 Å². The number of hydrogen-bond donors (Lipinski definition) is 1. The first-order valence-electron chi connectivity index (χ1n) is 4.74. The second kappa shape index (κ2) is 3.68. The van der Waals surface area contributed by atoms with E-state index in [9.17, 15) is 5.11 Å². The van der Waals surface area contributed by atoms with E-state index in [0.29, 0.717) is 11.7 Å². The molecule has 5 nitrogen and oxygen atoms in total. The molecule has 78 valence electrons. The predicted octanol–water partition coefficient (Wildman–Crippen LogP) is 1.49. The highest BCUT2D eigenvalue weighted by atomic mass is 16.3. The molecule has 0 atom stereocenters. The van der Waals surface area contributed by atoms with Crippen LogP contribution in [-0.4, -0.2) is 25.1 Å². The zero-order valence-electron chi connectivity index (χ0n) is 8.62. The Balaban J connectivity index is 2.44. The summed E-state index contributed by atoms with van der Waals surface area (Å²) < 4.78 is 0. The Morgan fingerprint density at radius 3 is 2.47 bits per heavy atom. The van der Waals surface area contributed by atoms with Gasteiger partial charge in [0, 0.05) is 6.20 Å². The van der Waals surface area contributed by atoms with Crippen molar-refractivity contribution in [2.24, 2.45) is 0 Å². The molecule has 0 aliphatic rings. The number of nitrogens with zero attached hydrogens (tertiary/aromatic N) is 4. The molecular weight excluding hydrogens is 192 g/mol. The standard InChI is InChI=1S/C10H12N4O/c1-7(2)8-5-9(15)10(11-6-8)14-12-3-4-13-14/h3-7,15H,1-2H3. The highest BCUT2D eigenvalue weighted by Gasteiger charge is 2.09. The van der Waals surface area contributed by atoms with Gasteiger partial charge in [-0.1, -0.05) is 13.8 Å². The fraction of sp³-hybridized carbons (Fsp3) is 0.300. The minimum Gasteiger partial charge on any atom is -0.504 e. The van der Waals surface area contributed by atoms with Crippen LogP contribution >= 0.6 is 0 Å². The van der Waals surface area contributed by atoms with E-state index in [1.54, 1.807) is 12.3 Å². The SMILES string of the molecule is CC(C)c1cnc(-n2nccn2)c(O)c1. The fourth-order valence-electron chi connectivity index (χ4n) is 1.26. The van der Waals surface area contributed by atoms with Crippen molar-refractivity contribution in [2.75, 3.05) is 0 Å². The van der Waals surface area contributed by atoms with Crippen LogP contribution in [0.15, 0.2) is 24.7 Å². The summed E-state index contributed by atoms with van der Waals surface area (Å²) in [4.78, 5) is 5.42. The Morgan fingerprint density at radius 1 is 1.27 bits per heavy atom. The first-order chi connectivity index (χ1) is 7.18. The summed E-state index contributed by atoms with van der Waals surface area (Å²) in [6, 6.07) is 1.69. The molecule has 0 aliphatic carbocycles. The van der Waals surface area contributed by atoms with Crippen molar-refractivity contribution in [3.05, 3.63) is 30.2 Å². The molecule has 2 heterocycles. The zero-order chi connectivity index (χ0) is 10.8. The monoisotopic (exact) mass is 204 g/mol. The van der Waals surface area contributed by atoms with Gasteiger partial charge in [0.15, 0.2) is 5.75 Å². The van der Waals surface area contributed by atoms with Gasteiger partial charge >= 0.3 is 0 Å². The highest BCUT2D eigenvalue weighted by molar-refractivity contribution is 5.40. The van der Waals surface area contributed by atoms with Gasteiger partial charge in [-0.15, -0.1) is 4.80 Å². The minimum absolute atomic E-state index is 0.0948. The molecule has 2 rings (SSSR count). The van der Waals surface area contributed by atoms with E-state index >= 15 is 0 Å². The molecule has 2 aromatic rings. The second-order valence-electron chi connectivity index (χ2n) is 3.58. The molecule has 5 heteroatoms. The lowest BCUT2D eigenvalue weighted by Gasteiger charge is -2.07. The molecule has 0 bridgehead atoms. The summed E-state index contributed by atoms with van der Waals surface area (Å²) in [6.45, 7) is 4.09. The highest BCUT2D eigenvalue weighted by Crippen LogP contribution is 2.22. The van der Waals surface area contributed by atoms with Gasteiger partial charge in [-0.3, -0.25) is 0 Å². The van der Waals surface area contributed by atoms with Gasteiger partial charge < -0.3 is 5.11 Å². The van der Waals surface area contributed by atoms with Crippen LogP contribution < -0.4 is 0 Å². The molecule has 0 aromatic carbocycles. The van der Waals surface area contributed by atoms with Crippen LogP contribution in [0.1, 0.15) is 25.3 Å². The molecule has 0 saturated carbocycles. The quantitative estimate of drug-likeness (QED) is 0.805. The van der Waals surface area contributed by atoms with Crippen LogP contribution in [-0.2, 0) is 0 Å². The smallest absolute Gasteiger partial charge is 0.216 e. The van der Waals surface area contributed by atoms with Gasteiger partial charge in [0.25, 0.3) is 0 Å². The summed E-state index contributed by atoms with van der Waals surface area (Å²) in [5.74, 6) is 0.782. The average Bonchev–Trinajstić information content (AvgIpc) is 2.70. The molecule has 0 spiro atoms. The molecule has 2 aromatic heterocycles. The number of pyridine rings is 1. The number of hydrogen-bond acceptors (Lipinski definition) is 4. The van der Waals surface area contributed by atoms with E-state index in [1.165, 1.54) is 17.2 Å². The lowest BCUT2D eigenvalue weighted by Crippen LogP contribution is -2.02. The number of aromatic nitrogens is 4. The maximum absolute atomic E-state index is 9.75. The summed E-state index contributed by atoms with van der Waals surface area (Å²) in [5.41, 5.74) is 0.989. The van der Waals surface area contributed by atoms with Crippen LogP contribution in [0.25, 0.3) is 5.82 Å². The fourth-order valence-corrected chi connectivity index (χ4v) is 1.26. The summed E-state index contributed by atoms with van der Waals surface area (Å²) >= 11 is 0. The summed E-state index contributed by atoms with van der Waals surface area (Å²) in [7, 11) is 0.